The third-order valence-electron chi connectivity index (χ3n) is 2.85. The Morgan fingerprint density at radius 3 is 2.62 bits per heavy atom. The average Bonchev–Trinajstić information content (AvgIpc) is 2.43. The third-order valence-corrected chi connectivity index (χ3v) is 3.70. The zero-order valence-corrected chi connectivity index (χ0v) is 14.0. The Labute approximate surface area is 133 Å². The normalized spacial score (nSPS) is 10.5. The zero-order chi connectivity index (χ0) is 15.2. The van der Waals surface area contributed by atoms with E-state index in [1.807, 2.05) is 25.1 Å². The molecular formula is C15H19BrN4O. The van der Waals surface area contributed by atoms with E-state index < -0.39 is 0 Å². The molecule has 21 heavy (non-hydrogen) atoms. The summed E-state index contributed by atoms with van der Waals surface area (Å²) in [7, 11) is 1.63. The fourth-order valence-electron chi connectivity index (χ4n) is 1.84. The lowest BCUT2D eigenvalue weighted by Gasteiger charge is -2.11. The van der Waals surface area contributed by atoms with E-state index >= 15 is 0 Å². The molecule has 0 aliphatic carbocycles. The molecule has 112 valence electrons. The van der Waals surface area contributed by atoms with Crippen molar-refractivity contribution in [1.29, 1.82) is 0 Å². The van der Waals surface area contributed by atoms with E-state index in [-0.39, 0.29) is 0 Å². The maximum absolute atomic E-state index is 5.11. The van der Waals surface area contributed by atoms with E-state index in [0.29, 0.717) is 12.4 Å². The SMILES string of the molecule is CCNc1cc(Nc2ccc(C)c(Br)c2)nc(COC)n1. The summed E-state index contributed by atoms with van der Waals surface area (Å²) in [6.45, 7) is 5.27. The van der Waals surface area contributed by atoms with Crippen molar-refractivity contribution in [2.75, 3.05) is 24.3 Å². The molecular weight excluding hydrogens is 332 g/mol. The van der Waals surface area contributed by atoms with E-state index in [1.54, 1.807) is 7.11 Å². The van der Waals surface area contributed by atoms with E-state index in [9.17, 15) is 0 Å². The van der Waals surface area contributed by atoms with Crippen LogP contribution >= 0.6 is 15.9 Å². The summed E-state index contributed by atoms with van der Waals surface area (Å²) >= 11 is 3.53. The highest BCUT2D eigenvalue weighted by atomic mass is 79.9. The van der Waals surface area contributed by atoms with E-state index in [4.69, 9.17) is 4.74 Å². The Hall–Kier alpha value is -1.66. The van der Waals surface area contributed by atoms with Crippen LogP contribution in [-0.4, -0.2) is 23.6 Å². The summed E-state index contributed by atoms with van der Waals surface area (Å²) in [5.74, 6) is 2.17. The largest absolute Gasteiger partial charge is 0.377 e. The molecule has 2 N–H and O–H groups in total. The van der Waals surface area contributed by atoms with E-state index in [2.05, 4.69) is 49.5 Å². The van der Waals surface area contributed by atoms with Gasteiger partial charge < -0.3 is 15.4 Å². The Bertz CT molecular complexity index is 594. The van der Waals surface area contributed by atoms with Crippen LogP contribution in [0.3, 0.4) is 0 Å². The lowest BCUT2D eigenvalue weighted by atomic mass is 10.2. The van der Waals surface area contributed by atoms with Gasteiger partial charge in [-0.2, -0.15) is 0 Å². The summed E-state index contributed by atoms with van der Waals surface area (Å²) < 4.78 is 6.17. The molecule has 0 unspecified atom stereocenters. The number of hydrogen-bond acceptors (Lipinski definition) is 5. The van der Waals surface area contributed by atoms with Gasteiger partial charge in [-0.1, -0.05) is 22.0 Å². The van der Waals surface area contributed by atoms with Crippen molar-refractivity contribution in [3.63, 3.8) is 0 Å². The molecule has 2 aromatic rings. The number of anilines is 3. The second-order valence-corrected chi connectivity index (χ2v) is 5.46. The highest BCUT2D eigenvalue weighted by Gasteiger charge is 2.05. The van der Waals surface area contributed by atoms with Crippen LogP contribution in [-0.2, 0) is 11.3 Å². The first-order chi connectivity index (χ1) is 10.1. The minimum absolute atomic E-state index is 0.380. The number of ether oxygens (including phenoxy) is 1. The maximum Gasteiger partial charge on any atom is 0.158 e. The zero-order valence-electron chi connectivity index (χ0n) is 12.4. The van der Waals surface area contributed by atoms with Gasteiger partial charge in [0.1, 0.15) is 18.2 Å². The number of benzene rings is 1. The molecule has 1 aromatic heterocycles. The predicted molar refractivity (Wildman–Crippen MR) is 89.1 cm³/mol. The number of rotatable bonds is 6. The van der Waals surface area contributed by atoms with Crippen LogP contribution in [0.5, 0.6) is 0 Å². The molecule has 0 fully saturated rings. The Kier molecular flexibility index (Phi) is 5.52. The number of aryl methyl sites for hydroxylation is 1. The van der Waals surface area contributed by atoms with Gasteiger partial charge in [-0.25, -0.2) is 9.97 Å². The second-order valence-electron chi connectivity index (χ2n) is 4.61. The Morgan fingerprint density at radius 1 is 1.19 bits per heavy atom. The lowest BCUT2D eigenvalue weighted by Crippen LogP contribution is -2.06. The van der Waals surface area contributed by atoms with E-state index in [1.165, 1.54) is 5.56 Å². The van der Waals surface area contributed by atoms with Crippen LogP contribution in [0.25, 0.3) is 0 Å². The maximum atomic E-state index is 5.11. The van der Waals surface area contributed by atoms with Gasteiger partial charge in [0, 0.05) is 29.9 Å². The smallest absolute Gasteiger partial charge is 0.158 e. The van der Waals surface area contributed by atoms with Gasteiger partial charge in [0.25, 0.3) is 0 Å². The molecule has 1 heterocycles. The summed E-state index contributed by atoms with van der Waals surface area (Å²) in [6.07, 6.45) is 0. The molecule has 1 aromatic carbocycles. The second kappa shape index (κ2) is 7.38. The fraction of sp³-hybridized carbons (Fsp3) is 0.333. The number of aromatic nitrogens is 2. The first-order valence-electron chi connectivity index (χ1n) is 6.76. The molecule has 0 aliphatic rings. The highest BCUT2D eigenvalue weighted by molar-refractivity contribution is 9.10. The molecule has 0 saturated carbocycles. The van der Waals surface area contributed by atoms with Crippen molar-refractivity contribution in [2.24, 2.45) is 0 Å². The van der Waals surface area contributed by atoms with Crippen LogP contribution in [0.1, 0.15) is 18.3 Å². The number of nitrogens with zero attached hydrogens (tertiary/aromatic N) is 2. The Morgan fingerprint density at radius 2 is 1.95 bits per heavy atom. The highest BCUT2D eigenvalue weighted by Crippen LogP contribution is 2.23. The van der Waals surface area contributed by atoms with Gasteiger partial charge in [0.05, 0.1) is 0 Å². The first-order valence-corrected chi connectivity index (χ1v) is 7.55. The van der Waals surface area contributed by atoms with Crippen LogP contribution in [0.4, 0.5) is 17.3 Å². The minimum atomic E-state index is 0.380. The molecule has 0 aliphatic heterocycles. The van der Waals surface area contributed by atoms with Gasteiger partial charge in [0.15, 0.2) is 5.82 Å². The first kappa shape index (κ1) is 15.7. The molecule has 0 amide bonds. The Balaban J connectivity index is 2.26. The van der Waals surface area contributed by atoms with Crippen molar-refractivity contribution in [3.05, 3.63) is 40.1 Å². The average molecular weight is 351 g/mol. The topological polar surface area (TPSA) is 59.1 Å². The quantitative estimate of drug-likeness (QED) is 0.827. The number of halogens is 1. The van der Waals surface area contributed by atoms with Crippen LogP contribution < -0.4 is 10.6 Å². The van der Waals surface area contributed by atoms with Gasteiger partial charge in [-0.05, 0) is 31.5 Å². The van der Waals surface area contributed by atoms with Crippen molar-refractivity contribution in [1.82, 2.24) is 9.97 Å². The van der Waals surface area contributed by atoms with Crippen LogP contribution in [0.15, 0.2) is 28.7 Å². The fourth-order valence-corrected chi connectivity index (χ4v) is 2.22. The number of hydrogen-bond donors (Lipinski definition) is 2. The summed E-state index contributed by atoms with van der Waals surface area (Å²) in [5.41, 5.74) is 2.16. The number of nitrogens with one attached hydrogen (secondary N) is 2. The molecule has 2 rings (SSSR count). The van der Waals surface area contributed by atoms with Crippen molar-refractivity contribution >= 4 is 33.3 Å². The van der Waals surface area contributed by atoms with Crippen LogP contribution in [0.2, 0.25) is 0 Å². The third kappa shape index (κ3) is 4.41. The molecule has 0 spiro atoms. The standard InChI is InChI=1S/C15H19BrN4O/c1-4-17-13-8-14(20-15(19-13)9-21-3)18-11-6-5-10(2)12(16)7-11/h5-8H,4,9H2,1-3H3,(H2,17,18,19,20). The molecule has 6 heteroatoms. The summed E-state index contributed by atoms with van der Waals surface area (Å²) in [5, 5.41) is 6.49. The minimum Gasteiger partial charge on any atom is -0.377 e. The van der Waals surface area contributed by atoms with Gasteiger partial charge in [-0.15, -0.1) is 0 Å². The van der Waals surface area contributed by atoms with Crippen molar-refractivity contribution in [2.45, 2.75) is 20.5 Å². The monoisotopic (exact) mass is 350 g/mol. The lowest BCUT2D eigenvalue weighted by molar-refractivity contribution is 0.178. The van der Waals surface area contributed by atoms with Gasteiger partial charge in [0.2, 0.25) is 0 Å². The van der Waals surface area contributed by atoms with Crippen molar-refractivity contribution in [3.8, 4) is 0 Å². The van der Waals surface area contributed by atoms with E-state index in [0.717, 1.165) is 28.3 Å². The molecule has 5 nitrogen and oxygen atoms in total. The summed E-state index contributed by atoms with van der Waals surface area (Å²) in [4.78, 5) is 8.84. The molecule has 0 bridgehead atoms. The van der Waals surface area contributed by atoms with Gasteiger partial charge >= 0.3 is 0 Å². The van der Waals surface area contributed by atoms with Gasteiger partial charge in [-0.3, -0.25) is 0 Å². The predicted octanol–water partition coefficient (Wildman–Crippen LogP) is 3.87. The van der Waals surface area contributed by atoms with Crippen molar-refractivity contribution < 1.29 is 4.74 Å². The number of methoxy groups -OCH3 is 1. The molecule has 0 radical (unpaired) electrons. The van der Waals surface area contributed by atoms with Crippen LogP contribution in [0, 0.1) is 6.92 Å². The molecule has 0 atom stereocenters. The molecule has 0 saturated heterocycles. The summed E-state index contributed by atoms with van der Waals surface area (Å²) in [6, 6.07) is 7.98.